The largest absolute Gasteiger partial charge is 0.505 e. The molecule has 2 heteroatoms. The molecule has 13 heavy (non-hydrogen) atoms. The Balaban J connectivity index is 3.35. The molecular weight excluding hydrogens is 167 g/mol. The molecule has 1 aromatic rings. The van der Waals surface area contributed by atoms with E-state index in [0.29, 0.717) is 5.56 Å². The number of phenols is 1. The quantitative estimate of drug-likeness (QED) is 0.653. The number of aromatic hydroxyl groups is 1. The summed E-state index contributed by atoms with van der Waals surface area (Å²) < 4.78 is 13.3. The Morgan fingerprint density at radius 1 is 1.23 bits per heavy atom. The van der Waals surface area contributed by atoms with Gasteiger partial charge in [0.25, 0.3) is 0 Å². The Labute approximate surface area is 78.2 Å². The van der Waals surface area contributed by atoms with Gasteiger partial charge in [-0.15, -0.1) is 0 Å². The molecule has 0 spiro atoms. The van der Waals surface area contributed by atoms with E-state index in [1.165, 1.54) is 6.07 Å². The van der Waals surface area contributed by atoms with E-state index in [-0.39, 0.29) is 11.2 Å². The summed E-state index contributed by atoms with van der Waals surface area (Å²) in [5.41, 5.74) is 1.38. The molecule has 1 aromatic carbocycles. The topological polar surface area (TPSA) is 20.2 Å². The van der Waals surface area contributed by atoms with Crippen LogP contribution >= 0.6 is 0 Å². The summed E-state index contributed by atoms with van der Waals surface area (Å²) in [6.45, 7) is 7.75. The highest BCUT2D eigenvalue weighted by Gasteiger charge is 2.19. The molecule has 0 atom stereocenters. The lowest BCUT2D eigenvalue weighted by Gasteiger charge is -2.21. The zero-order chi connectivity index (χ0) is 10.2. The third kappa shape index (κ3) is 1.82. The number of halogens is 1. The second-order valence-electron chi connectivity index (χ2n) is 4.32. The van der Waals surface area contributed by atoms with E-state index in [4.69, 9.17) is 5.11 Å². The molecule has 0 aliphatic rings. The van der Waals surface area contributed by atoms with Crippen LogP contribution in [-0.2, 0) is 5.41 Å². The van der Waals surface area contributed by atoms with Crippen molar-refractivity contribution in [3.05, 3.63) is 29.1 Å². The van der Waals surface area contributed by atoms with Crippen LogP contribution in [-0.4, -0.2) is 5.11 Å². The van der Waals surface area contributed by atoms with E-state index in [1.54, 1.807) is 13.0 Å². The summed E-state index contributed by atoms with van der Waals surface area (Å²) in [6, 6.07) is 3.18. The lowest BCUT2D eigenvalue weighted by molar-refractivity contribution is 0.427. The third-order valence-electron chi connectivity index (χ3n) is 2.17. The van der Waals surface area contributed by atoms with Crippen molar-refractivity contribution in [3.8, 4) is 5.75 Å². The first kappa shape index (κ1) is 10.0. The molecule has 0 aliphatic carbocycles. The van der Waals surface area contributed by atoms with Crippen LogP contribution in [0.2, 0.25) is 0 Å². The molecule has 72 valence electrons. The lowest BCUT2D eigenvalue weighted by atomic mass is 9.84. The smallest absolute Gasteiger partial charge is 0.167 e. The molecule has 0 bridgehead atoms. The molecule has 0 heterocycles. The van der Waals surface area contributed by atoms with Crippen molar-refractivity contribution in [1.82, 2.24) is 0 Å². The number of hydrogen-bond acceptors (Lipinski definition) is 1. The van der Waals surface area contributed by atoms with Crippen molar-refractivity contribution in [1.29, 1.82) is 0 Å². The van der Waals surface area contributed by atoms with E-state index in [9.17, 15) is 4.39 Å². The first-order valence-corrected chi connectivity index (χ1v) is 4.32. The molecule has 0 fully saturated rings. The average molecular weight is 182 g/mol. The van der Waals surface area contributed by atoms with Gasteiger partial charge in [0.05, 0.1) is 0 Å². The number of hydrogen-bond donors (Lipinski definition) is 1. The first-order valence-electron chi connectivity index (χ1n) is 4.32. The number of benzene rings is 1. The summed E-state index contributed by atoms with van der Waals surface area (Å²) in [4.78, 5) is 0. The molecule has 1 rings (SSSR count). The van der Waals surface area contributed by atoms with Crippen LogP contribution in [0.1, 0.15) is 31.9 Å². The van der Waals surface area contributed by atoms with Gasteiger partial charge in [-0.2, -0.15) is 0 Å². The van der Waals surface area contributed by atoms with Crippen molar-refractivity contribution in [3.63, 3.8) is 0 Å². The number of rotatable bonds is 0. The van der Waals surface area contributed by atoms with E-state index in [2.05, 4.69) is 0 Å². The maximum Gasteiger partial charge on any atom is 0.167 e. The maximum absolute atomic E-state index is 13.3. The Bertz CT molecular complexity index is 324. The second kappa shape index (κ2) is 3.02. The van der Waals surface area contributed by atoms with E-state index in [1.807, 2.05) is 20.8 Å². The molecule has 0 saturated carbocycles. The van der Waals surface area contributed by atoms with Crippen molar-refractivity contribution in [2.24, 2.45) is 0 Å². The molecule has 0 aromatic heterocycles. The van der Waals surface area contributed by atoms with Gasteiger partial charge in [-0.05, 0) is 29.5 Å². The summed E-state index contributed by atoms with van der Waals surface area (Å²) >= 11 is 0. The molecule has 0 aliphatic heterocycles. The Morgan fingerprint density at radius 2 is 1.77 bits per heavy atom. The van der Waals surface area contributed by atoms with Crippen LogP contribution in [0.25, 0.3) is 0 Å². The van der Waals surface area contributed by atoms with Crippen LogP contribution in [0.3, 0.4) is 0 Å². The fraction of sp³-hybridized carbons (Fsp3) is 0.455. The summed E-state index contributed by atoms with van der Waals surface area (Å²) in [6.07, 6.45) is 0. The normalized spacial score (nSPS) is 11.8. The minimum absolute atomic E-state index is 0.0847. The predicted molar refractivity (Wildman–Crippen MR) is 51.5 cm³/mol. The van der Waals surface area contributed by atoms with Crippen molar-refractivity contribution in [2.45, 2.75) is 33.1 Å². The summed E-state index contributed by atoms with van der Waals surface area (Å²) in [5, 5.41) is 9.12. The van der Waals surface area contributed by atoms with Gasteiger partial charge < -0.3 is 5.11 Å². The Morgan fingerprint density at radius 3 is 2.23 bits per heavy atom. The summed E-state index contributed by atoms with van der Waals surface area (Å²) in [7, 11) is 0. The van der Waals surface area contributed by atoms with Crippen LogP contribution in [0, 0.1) is 12.7 Å². The highest BCUT2D eigenvalue weighted by atomic mass is 19.1. The zero-order valence-electron chi connectivity index (χ0n) is 8.48. The number of phenolic OH excluding ortho intramolecular Hbond substituents is 1. The average Bonchev–Trinajstić information content (AvgIpc) is 1.98. The van der Waals surface area contributed by atoms with Gasteiger partial charge in [-0.1, -0.05) is 26.8 Å². The van der Waals surface area contributed by atoms with E-state index in [0.717, 1.165) is 5.56 Å². The second-order valence-corrected chi connectivity index (χ2v) is 4.32. The van der Waals surface area contributed by atoms with Crippen LogP contribution < -0.4 is 0 Å². The van der Waals surface area contributed by atoms with Crippen LogP contribution in [0.4, 0.5) is 4.39 Å². The first-order chi connectivity index (χ1) is 5.84. The fourth-order valence-corrected chi connectivity index (χ4v) is 1.48. The third-order valence-corrected chi connectivity index (χ3v) is 2.17. The molecule has 0 saturated heterocycles. The predicted octanol–water partition coefficient (Wildman–Crippen LogP) is 3.14. The van der Waals surface area contributed by atoms with Crippen molar-refractivity contribution in [2.75, 3.05) is 0 Å². The molecule has 0 amide bonds. The molecular formula is C11H15FO. The van der Waals surface area contributed by atoms with Gasteiger partial charge in [-0.25, -0.2) is 4.39 Å². The molecule has 0 radical (unpaired) electrons. The fourth-order valence-electron chi connectivity index (χ4n) is 1.48. The van der Waals surface area contributed by atoms with Gasteiger partial charge in [0, 0.05) is 0 Å². The minimum atomic E-state index is -0.507. The van der Waals surface area contributed by atoms with Gasteiger partial charge in [0.15, 0.2) is 11.6 Å². The highest BCUT2D eigenvalue weighted by molar-refractivity contribution is 5.39. The monoisotopic (exact) mass is 182 g/mol. The molecule has 0 unspecified atom stereocenters. The zero-order valence-corrected chi connectivity index (χ0v) is 8.48. The molecule has 1 nitrogen and oxygen atoms in total. The minimum Gasteiger partial charge on any atom is -0.505 e. The van der Waals surface area contributed by atoms with Gasteiger partial charge in [0.2, 0.25) is 0 Å². The van der Waals surface area contributed by atoms with E-state index >= 15 is 0 Å². The lowest BCUT2D eigenvalue weighted by Crippen LogP contribution is -2.13. The SMILES string of the molecule is Cc1c(C(C)(C)C)ccc(O)c1F. The van der Waals surface area contributed by atoms with Crippen LogP contribution in [0.15, 0.2) is 12.1 Å². The van der Waals surface area contributed by atoms with Crippen LogP contribution in [0.5, 0.6) is 5.75 Å². The van der Waals surface area contributed by atoms with Gasteiger partial charge >= 0.3 is 0 Å². The Kier molecular flexibility index (Phi) is 2.33. The standard InChI is InChI=1S/C11H15FO/c1-7-8(11(2,3)4)5-6-9(13)10(7)12/h5-6,13H,1-4H3. The highest BCUT2D eigenvalue weighted by Crippen LogP contribution is 2.30. The van der Waals surface area contributed by atoms with Gasteiger partial charge in [0.1, 0.15) is 0 Å². The van der Waals surface area contributed by atoms with Gasteiger partial charge in [-0.3, -0.25) is 0 Å². The summed E-state index contributed by atoms with van der Waals surface area (Å²) in [5.74, 6) is -0.780. The van der Waals surface area contributed by atoms with E-state index < -0.39 is 5.82 Å². The molecule has 1 N–H and O–H groups in total. The maximum atomic E-state index is 13.3. The Hall–Kier alpha value is -1.05. The van der Waals surface area contributed by atoms with Crippen molar-refractivity contribution >= 4 is 0 Å². The van der Waals surface area contributed by atoms with Crippen molar-refractivity contribution < 1.29 is 9.50 Å².